The molecular formula is C23H29N3O3S. The predicted molar refractivity (Wildman–Crippen MR) is 119 cm³/mol. The van der Waals surface area contributed by atoms with Crippen LogP contribution in [0.15, 0.2) is 72.1 Å². The molecule has 1 saturated heterocycles. The number of sulfonamides is 1. The zero-order valence-corrected chi connectivity index (χ0v) is 17.9. The Hall–Kier alpha value is -2.48. The third-order valence-electron chi connectivity index (χ3n) is 5.31. The first-order valence-electron chi connectivity index (χ1n) is 10.2. The van der Waals surface area contributed by atoms with E-state index in [4.69, 9.17) is 0 Å². The molecule has 1 amide bonds. The van der Waals surface area contributed by atoms with E-state index in [0.717, 1.165) is 32.5 Å². The summed E-state index contributed by atoms with van der Waals surface area (Å²) in [5, 5.41) is 2.65. The minimum absolute atomic E-state index is 0.104. The number of carbonyl (C=O) groups is 1. The first-order chi connectivity index (χ1) is 14.5. The maximum atomic E-state index is 12.7. The van der Waals surface area contributed by atoms with Crippen molar-refractivity contribution in [1.29, 1.82) is 0 Å². The Balaban J connectivity index is 1.50. The Kier molecular flexibility index (Phi) is 7.79. The summed E-state index contributed by atoms with van der Waals surface area (Å²) in [6, 6.07) is 16.5. The van der Waals surface area contributed by atoms with Crippen LogP contribution < -0.4 is 10.0 Å². The van der Waals surface area contributed by atoms with E-state index in [2.05, 4.69) is 45.8 Å². The summed E-state index contributed by atoms with van der Waals surface area (Å²) >= 11 is 0. The van der Waals surface area contributed by atoms with Gasteiger partial charge in [-0.2, -0.15) is 0 Å². The smallest absolute Gasteiger partial charge is 0.251 e. The van der Waals surface area contributed by atoms with Crippen LogP contribution in [-0.4, -0.2) is 51.9 Å². The van der Waals surface area contributed by atoms with E-state index in [9.17, 15) is 13.2 Å². The highest BCUT2D eigenvalue weighted by atomic mass is 32.2. The molecule has 0 aliphatic carbocycles. The lowest BCUT2D eigenvalue weighted by Gasteiger charge is -2.16. The number of nitrogens with zero attached hydrogens (tertiary/aromatic N) is 1. The van der Waals surface area contributed by atoms with Crippen molar-refractivity contribution in [2.75, 3.05) is 32.7 Å². The minimum atomic E-state index is -3.67. The van der Waals surface area contributed by atoms with E-state index in [1.165, 1.54) is 17.7 Å². The van der Waals surface area contributed by atoms with E-state index >= 15 is 0 Å². The largest absolute Gasteiger partial charge is 0.349 e. The third-order valence-corrected chi connectivity index (χ3v) is 6.73. The average Bonchev–Trinajstić information content (AvgIpc) is 3.23. The predicted octanol–water partition coefficient (Wildman–Crippen LogP) is 2.45. The van der Waals surface area contributed by atoms with Crippen molar-refractivity contribution in [1.82, 2.24) is 14.9 Å². The monoisotopic (exact) mass is 427 g/mol. The van der Waals surface area contributed by atoms with Gasteiger partial charge in [-0.1, -0.05) is 42.5 Å². The second-order valence-corrected chi connectivity index (χ2v) is 9.34. The summed E-state index contributed by atoms with van der Waals surface area (Å²) < 4.78 is 28.1. The van der Waals surface area contributed by atoms with Crippen LogP contribution in [0.1, 0.15) is 22.3 Å². The quantitative estimate of drug-likeness (QED) is 0.571. The molecule has 0 bridgehead atoms. The highest BCUT2D eigenvalue weighted by Gasteiger charge is 2.24. The van der Waals surface area contributed by atoms with Gasteiger partial charge < -0.3 is 10.2 Å². The van der Waals surface area contributed by atoms with E-state index in [0.29, 0.717) is 18.7 Å². The molecule has 2 aromatic carbocycles. The van der Waals surface area contributed by atoms with Gasteiger partial charge in [0.05, 0.1) is 4.90 Å². The molecule has 0 aromatic heterocycles. The number of benzene rings is 2. The fourth-order valence-corrected chi connectivity index (χ4v) is 4.76. The van der Waals surface area contributed by atoms with Crippen LogP contribution in [0, 0.1) is 5.92 Å². The maximum absolute atomic E-state index is 12.7. The molecule has 30 heavy (non-hydrogen) atoms. The van der Waals surface area contributed by atoms with Crippen molar-refractivity contribution in [3.8, 4) is 0 Å². The fourth-order valence-electron chi connectivity index (χ4n) is 3.60. The van der Waals surface area contributed by atoms with Crippen LogP contribution in [0.5, 0.6) is 0 Å². The van der Waals surface area contributed by atoms with Crippen LogP contribution in [0.25, 0.3) is 0 Å². The summed E-state index contributed by atoms with van der Waals surface area (Å²) in [6.07, 6.45) is 3.55. The van der Waals surface area contributed by atoms with Gasteiger partial charge in [0.2, 0.25) is 10.0 Å². The molecule has 1 unspecified atom stereocenters. The van der Waals surface area contributed by atoms with Crippen LogP contribution in [-0.2, 0) is 16.4 Å². The highest BCUT2D eigenvalue weighted by Crippen LogP contribution is 2.18. The Morgan fingerprint density at radius 3 is 2.73 bits per heavy atom. The number of nitrogens with one attached hydrogen (secondary N) is 2. The third kappa shape index (κ3) is 6.26. The first-order valence-corrected chi connectivity index (χ1v) is 11.7. The SMILES string of the molecule is C=CCNC(=O)c1cccc(S(=O)(=O)NCC2CCN(CCc3ccccc3)C2)c1. The van der Waals surface area contributed by atoms with E-state index in [1.807, 2.05) is 6.07 Å². The lowest BCUT2D eigenvalue weighted by atomic mass is 10.1. The zero-order valence-electron chi connectivity index (χ0n) is 17.1. The van der Waals surface area contributed by atoms with Gasteiger partial charge in [0.25, 0.3) is 5.91 Å². The molecule has 160 valence electrons. The van der Waals surface area contributed by atoms with E-state index < -0.39 is 10.0 Å². The zero-order chi connectivity index (χ0) is 21.4. The second kappa shape index (κ2) is 10.5. The molecule has 2 aromatic rings. The van der Waals surface area contributed by atoms with Gasteiger partial charge in [-0.15, -0.1) is 6.58 Å². The molecule has 0 saturated carbocycles. The van der Waals surface area contributed by atoms with Crippen molar-refractivity contribution < 1.29 is 13.2 Å². The number of hydrogen-bond donors (Lipinski definition) is 2. The molecule has 1 aliphatic heterocycles. The van der Waals surface area contributed by atoms with Crippen molar-refractivity contribution >= 4 is 15.9 Å². The van der Waals surface area contributed by atoms with Crippen LogP contribution >= 0.6 is 0 Å². The minimum Gasteiger partial charge on any atom is -0.349 e. The fraction of sp³-hybridized carbons (Fsp3) is 0.348. The number of amides is 1. The average molecular weight is 428 g/mol. The number of hydrogen-bond acceptors (Lipinski definition) is 4. The molecule has 3 rings (SSSR count). The molecule has 6 nitrogen and oxygen atoms in total. The lowest BCUT2D eigenvalue weighted by Crippen LogP contribution is -2.31. The molecule has 1 heterocycles. The molecule has 2 N–H and O–H groups in total. The van der Waals surface area contributed by atoms with Gasteiger partial charge in [0.15, 0.2) is 0 Å². The van der Waals surface area contributed by atoms with Crippen molar-refractivity contribution in [2.24, 2.45) is 5.92 Å². The Morgan fingerprint density at radius 2 is 1.97 bits per heavy atom. The summed E-state index contributed by atoms with van der Waals surface area (Å²) in [4.78, 5) is 14.6. The van der Waals surface area contributed by atoms with E-state index in [1.54, 1.807) is 18.2 Å². The molecule has 7 heteroatoms. The highest BCUT2D eigenvalue weighted by molar-refractivity contribution is 7.89. The summed E-state index contributed by atoms with van der Waals surface area (Å²) in [5.41, 5.74) is 1.63. The van der Waals surface area contributed by atoms with Gasteiger partial charge in [0, 0.05) is 31.7 Å². The van der Waals surface area contributed by atoms with Gasteiger partial charge in [-0.05, 0) is 49.1 Å². The van der Waals surface area contributed by atoms with Gasteiger partial charge in [-0.25, -0.2) is 13.1 Å². The van der Waals surface area contributed by atoms with Gasteiger partial charge in [-0.3, -0.25) is 4.79 Å². The Morgan fingerprint density at radius 1 is 1.17 bits per heavy atom. The van der Waals surface area contributed by atoms with Crippen LogP contribution in [0.2, 0.25) is 0 Å². The second-order valence-electron chi connectivity index (χ2n) is 7.57. The number of carbonyl (C=O) groups excluding carboxylic acids is 1. The number of likely N-dealkylation sites (tertiary alicyclic amines) is 1. The number of rotatable bonds is 10. The molecule has 1 aliphatic rings. The summed E-state index contributed by atoms with van der Waals surface area (Å²) in [6.45, 7) is 7.14. The normalized spacial score (nSPS) is 17.0. The Bertz CT molecular complexity index is 961. The molecule has 0 radical (unpaired) electrons. The maximum Gasteiger partial charge on any atom is 0.251 e. The van der Waals surface area contributed by atoms with Gasteiger partial charge >= 0.3 is 0 Å². The Labute approximate surface area is 179 Å². The standard InChI is InChI=1S/C23H29N3O3S/c1-2-13-24-23(27)21-9-6-10-22(16-21)30(28,29)25-17-20-12-15-26(18-20)14-11-19-7-4-3-5-8-19/h2-10,16,20,25H,1,11-15,17-18H2,(H,24,27). The topological polar surface area (TPSA) is 78.5 Å². The van der Waals surface area contributed by atoms with Crippen molar-refractivity contribution in [3.05, 3.63) is 78.4 Å². The van der Waals surface area contributed by atoms with Crippen LogP contribution in [0.3, 0.4) is 0 Å². The molecule has 0 spiro atoms. The van der Waals surface area contributed by atoms with Crippen molar-refractivity contribution in [3.63, 3.8) is 0 Å². The molecular weight excluding hydrogens is 398 g/mol. The lowest BCUT2D eigenvalue weighted by molar-refractivity contribution is 0.0958. The van der Waals surface area contributed by atoms with Gasteiger partial charge in [0.1, 0.15) is 0 Å². The van der Waals surface area contributed by atoms with E-state index in [-0.39, 0.29) is 16.7 Å². The molecule has 1 atom stereocenters. The summed E-state index contributed by atoms with van der Waals surface area (Å²) in [5.74, 6) is -0.0357. The van der Waals surface area contributed by atoms with Crippen LogP contribution in [0.4, 0.5) is 0 Å². The summed E-state index contributed by atoms with van der Waals surface area (Å²) in [7, 11) is -3.67. The molecule has 1 fully saturated rings. The van der Waals surface area contributed by atoms with Crippen molar-refractivity contribution in [2.45, 2.75) is 17.7 Å². The first kappa shape index (κ1) is 22.2.